The first-order valence-corrected chi connectivity index (χ1v) is 9.59. The second kappa shape index (κ2) is 12.7. The molecular formula is C19H38O5. The van der Waals surface area contributed by atoms with Crippen LogP contribution in [0.5, 0.6) is 0 Å². The van der Waals surface area contributed by atoms with E-state index in [0.29, 0.717) is 6.42 Å². The highest BCUT2D eigenvalue weighted by atomic mass is 16.4. The van der Waals surface area contributed by atoms with Crippen LogP contribution in [-0.4, -0.2) is 44.2 Å². The summed E-state index contributed by atoms with van der Waals surface area (Å²) >= 11 is 0. The smallest absolute Gasteiger partial charge is 0.309 e. The number of aliphatic hydroxyl groups excluding tert-OH is 2. The van der Waals surface area contributed by atoms with E-state index < -0.39 is 29.7 Å². The number of carbonyl (C=O) groups is 1. The summed E-state index contributed by atoms with van der Waals surface area (Å²) in [7, 11) is 0. The average molecular weight is 347 g/mol. The fraction of sp³-hybridized carbons (Fsp3) is 0.947. The molecule has 24 heavy (non-hydrogen) atoms. The molecule has 0 bridgehead atoms. The van der Waals surface area contributed by atoms with Gasteiger partial charge in [-0.15, -0.1) is 0 Å². The molecule has 5 heteroatoms. The molecule has 0 fully saturated rings. The molecule has 0 aliphatic carbocycles. The zero-order chi connectivity index (χ0) is 18.6. The summed E-state index contributed by atoms with van der Waals surface area (Å²) in [5.74, 6) is -2.45. The van der Waals surface area contributed by atoms with Crippen molar-refractivity contribution in [2.24, 2.45) is 5.92 Å². The molecule has 0 aromatic carbocycles. The van der Waals surface area contributed by atoms with Gasteiger partial charge >= 0.3 is 5.97 Å². The van der Waals surface area contributed by atoms with Gasteiger partial charge in [0.25, 0.3) is 0 Å². The zero-order valence-electron chi connectivity index (χ0n) is 15.7. The number of carboxylic acid groups (broad SMARTS) is 1. The van der Waals surface area contributed by atoms with Crippen molar-refractivity contribution in [2.45, 2.75) is 109 Å². The van der Waals surface area contributed by atoms with Crippen molar-refractivity contribution < 1.29 is 25.2 Å². The molecule has 4 N–H and O–H groups in total. The maximum atomic E-state index is 11.1. The monoisotopic (exact) mass is 346 g/mol. The molecule has 0 spiro atoms. The predicted octanol–water partition coefficient (Wildman–Crippen LogP) is 3.49. The number of rotatable bonds is 15. The lowest BCUT2D eigenvalue weighted by molar-refractivity contribution is -0.188. The quantitative estimate of drug-likeness (QED) is 0.340. The van der Waals surface area contributed by atoms with Gasteiger partial charge in [0.15, 0.2) is 0 Å². The van der Waals surface area contributed by atoms with Crippen molar-refractivity contribution in [1.29, 1.82) is 0 Å². The highest BCUT2D eigenvalue weighted by molar-refractivity contribution is 5.71. The molecule has 4 atom stereocenters. The van der Waals surface area contributed by atoms with Crippen LogP contribution in [-0.2, 0) is 4.79 Å². The van der Waals surface area contributed by atoms with Gasteiger partial charge in [-0.25, -0.2) is 0 Å². The van der Waals surface area contributed by atoms with Crippen LogP contribution in [0.3, 0.4) is 0 Å². The van der Waals surface area contributed by atoms with E-state index in [-0.39, 0.29) is 0 Å². The lowest BCUT2D eigenvalue weighted by Gasteiger charge is -2.38. The van der Waals surface area contributed by atoms with Gasteiger partial charge in [-0.1, -0.05) is 71.1 Å². The number of aliphatic hydroxyl groups is 3. The molecular weight excluding hydrogens is 308 g/mol. The Morgan fingerprint density at radius 1 is 0.875 bits per heavy atom. The second-order valence-electron chi connectivity index (χ2n) is 7.11. The normalized spacial score (nSPS) is 17.9. The molecule has 0 heterocycles. The average Bonchev–Trinajstić information content (AvgIpc) is 2.54. The Labute approximate surface area is 147 Å². The summed E-state index contributed by atoms with van der Waals surface area (Å²) in [5, 5.41) is 39.5. The SMILES string of the molecule is CCCCCCCCCCCCC(O)C(O)(C(C)O)C(C)C(=O)O. The van der Waals surface area contributed by atoms with Crippen LogP contribution in [0, 0.1) is 5.92 Å². The third-order valence-corrected chi connectivity index (χ3v) is 5.10. The topological polar surface area (TPSA) is 98.0 Å². The number of unbranched alkanes of at least 4 members (excludes halogenated alkanes) is 9. The number of hydrogen-bond acceptors (Lipinski definition) is 4. The van der Waals surface area contributed by atoms with Crippen LogP contribution in [0.4, 0.5) is 0 Å². The molecule has 0 amide bonds. The van der Waals surface area contributed by atoms with Crippen LogP contribution >= 0.6 is 0 Å². The maximum Gasteiger partial charge on any atom is 0.309 e. The van der Waals surface area contributed by atoms with Crippen LogP contribution in [0.15, 0.2) is 0 Å². The van der Waals surface area contributed by atoms with Crippen molar-refractivity contribution in [3.8, 4) is 0 Å². The highest BCUT2D eigenvalue weighted by Crippen LogP contribution is 2.29. The van der Waals surface area contributed by atoms with Crippen LogP contribution < -0.4 is 0 Å². The Bertz CT molecular complexity index is 332. The molecule has 4 unspecified atom stereocenters. The summed E-state index contributed by atoms with van der Waals surface area (Å²) in [6, 6.07) is 0. The van der Waals surface area contributed by atoms with Crippen LogP contribution in [0.2, 0.25) is 0 Å². The summed E-state index contributed by atoms with van der Waals surface area (Å²) < 4.78 is 0. The molecule has 0 saturated carbocycles. The molecule has 0 aliphatic heterocycles. The molecule has 0 rings (SSSR count). The minimum atomic E-state index is -2.01. The molecule has 144 valence electrons. The van der Waals surface area contributed by atoms with Gasteiger partial charge in [0, 0.05) is 0 Å². The Morgan fingerprint density at radius 3 is 1.67 bits per heavy atom. The second-order valence-corrected chi connectivity index (χ2v) is 7.11. The van der Waals surface area contributed by atoms with Gasteiger partial charge in [-0.05, 0) is 20.3 Å². The lowest BCUT2D eigenvalue weighted by Crippen LogP contribution is -2.57. The van der Waals surface area contributed by atoms with Crippen molar-refractivity contribution in [3.63, 3.8) is 0 Å². The molecule has 0 saturated heterocycles. The standard InChI is InChI=1S/C19H38O5/c1-4-5-6-7-8-9-10-11-12-13-14-17(21)19(24,16(3)20)15(2)18(22)23/h15-17,20-21,24H,4-14H2,1-3H3,(H,22,23). The largest absolute Gasteiger partial charge is 0.481 e. The van der Waals surface area contributed by atoms with Gasteiger partial charge in [0.2, 0.25) is 0 Å². The molecule has 0 aliphatic rings. The van der Waals surface area contributed by atoms with Crippen molar-refractivity contribution >= 4 is 5.97 Å². The van der Waals surface area contributed by atoms with E-state index >= 15 is 0 Å². The lowest BCUT2D eigenvalue weighted by atomic mass is 9.78. The minimum Gasteiger partial charge on any atom is -0.481 e. The summed E-state index contributed by atoms with van der Waals surface area (Å²) in [5.41, 5.74) is -2.01. The first-order chi connectivity index (χ1) is 11.3. The van der Waals surface area contributed by atoms with E-state index in [0.717, 1.165) is 19.3 Å². The van der Waals surface area contributed by atoms with E-state index in [1.54, 1.807) is 0 Å². The Morgan fingerprint density at radius 2 is 1.29 bits per heavy atom. The Balaban J connectivity index is 3.98. The predicted molar refractivity (Wildman–Crippen MR) is 95.9 cm³/mol. The molecule has 0 aromatic rings. The fourth-order valence-electron chi connectivity index (χ4n) is 3.18. The summed E-state index contributed by atoms with van der Waals surface area (Å²) in [6.07, 6.45) is 9.41. The Kier molecular flexibility index (Phi) is 12.3. The maximum absolute atomic E-state index is 11.1. The first kappa shape index (κ1) is 23.4. The van der Waals surface area contributed by atoms with Crippen LogP contribution in [0.25, 0.3) is 0 Å². The molecule has 0 aromatic heterocycles. The van der Waals surface area contributed by atoms with E-state index in [1.165, 1.54) is 58.8 Å². The zero-order valence-corrected chi connectivity index (χ0v) is 15.7. The van der Waals surface area contributed by atoms with Crippen molar-refractivity contribution in [3.05, 3.63) is 0 Å². The van der Waals surface area contributed by atoms with E-state index in [1.807, 2.05) is 0 Å². The van der Waals surface area contributed by atoms with Gasteiger partial charge in [-0.2, -0.15) is 0 Å². The highest BCUT2D eigenvalue weighted by Gasteiger charge is 2.48. The summed E-state index contributed by atoms with van der Waals surface area (Å²) in [6.45, 7) is 4.85. The van der Waals surface area contributed by atoms with Crippen molar-refractivity contribution in [1.82, 2.24) is 0 Å². The molecule has 5 nitrogen and oxygen atoms in total. The number of aliphatic carboxylic acids is 1. The first-order valence-electron chi connectivity index (χ1n) is 9.59. The number of hydrogen-bond donors (Lipinski definition) is 4. The Hall–Kier alpha value is -0.650. The van der Waals surface area contributed by atoms with Crippen LogP contribution in [0.1, 0.15) is 91.4 Å². The summed E-state index contributed by atoms with van der Waals surface area (Å²) in [4.78, 5) is 11.1. The van der Waals surface area contributed by atoms with E-state index in [2.05, 4.69) is 6.92 Å². The van der Waals surface area contributed by atoms with Gasteiger partial charge < -0.3 is 20.4 Å². The molecule has 0 radical (unpaired) electrons. The third kappa shape index (κ3) is 7.95. The minimum absolute atomic E-state index is 0.301. The van der Waals surface area contributed by atoms with Crippen molar-refractivity contribution in [2.75, 3.05) is 0 Å². The van der Waals surface area contributed by atoms with E-state index in [4.69, 9.17) is 5.11 Å². The van der Waals surface area contributed by atoms with E-state index in [9.17, 15) is 20.1 Å². The van der Waals surface area contributed by atoms with Gasteiger partial charge in [-0.3, -0.25) is 4.79 Å². The third-order valence-electron chi connectivity index (χ3n) is 5.10. The number of carboxylic acids is 1. The van der Waals surface area contributed by atoms with Gasteiger partial charge in [0.1, 0.15) is 5.60 Å². The van der Waals surface area contributed by atoms with Gasteiger partial charge in [0.05, 0.1) is 18.1 Å². The fourth-order valence-corrected chi connectivity index (χ4v) is 3.18.